The molecule has 2 fully saturated rings. The van der Waals surface area contributed by atoms with Gasteiger partial charge in [0.1, 0.15) is 5.82 Å². The third-order valence-electron chi connectivity index (χ3n) is 7.86. The molecule has 0 saturated carbocycles. The van der Waals surface area contributed by atoms with Gasteiger partial charge in [0.05, 0.1) is 6.42 Å². The first-order valence-electron chi connectivity index (χ1n) is 14.3. The van der Waals surface area contributed by atoms with Crippen molar-refractivity contribution in [3.05, 3.63) is 71.7 Å². The van der Waals surface area contributed by atoms with E-state index >= 15 is 0 Å². The second-order valence-corrected chi connectivity index (χ2v) is 10.8. The van der Waals surface area contributed by atoms with Crippen LogP contribution in [-0.2, 0) is 27.2 Å². The van der Waals surface area contributed by atoms with Gasteiger partial charge < -0.3 is 29.9 Å². The van der Waals surface area contributed by atoms with Gasteiger partial charge in [0.25, 0.3) is 0 Å². The van der Waals surface area contributed by atoms with Crippen LogP contribution in [-0.4, -0.2) is 88.2 Å². The summed E-state index contributed by atoms with van der Waals surface area (Å²) >= 11 is 0. The molecule has 41 heavy (non-hydrogen) atoms. The number of carbonyl (C=O) groups is 3. The van der Waals surface area contributed by atoms with Crippen molar-refractivity contribution in [2.75, 3.05) is 45.8 Å². The summed E-state index contributed by atoms with van der Waals surface area (Å²) < 4.78 is 15.5. The van der Waals surface area contributed by atoms with Crippen molar-refractivity contribution in [3.63, 3.8) is 0 Å². The van der Waals surface area contributed by atoms with E-state index in [4.69, 9.17) is 19.8 Å². The molecule has 2 aliphatic heterocycles. The van der Waals surface area contributed by atoms with Gasteiger partial charge >= 0.3 is 11.9 Å². The number of fused-ring (bicyclic) bond motifs is 1. The van der Waals surface area contributed by atoms with Crippen LogP contribution in [0, 0.1) is 5.82 Å². The first-order valence-corrected chi connectivity index (χ1v) is 14.3. The number of hydrogen-bond acceptors (Lipinski definition) is 5. The zero-order valence-corrected chi connectivity index (χ0v) is 23.3. The Bertz CT molecular complexity index is 1300. The number of likely N-dealkylation sites (tertiary alicyclic amines) is 2. The minimum Gasteiger partial charge on any atom is -0.473 e. The van der Waals surface area contributed by atoms with Crippen molar-refractivity contribution in [1.82, 2.24) is 19.7 Å². The van der Waals surface area contributed by atoms with Gasteiger partial charge in [-0.1, -0.05) is 24.3 Å². The second-order valence-electron chi connectivity index (χ2n) is 10.8. The molecule has 2 aromatic carbocycles. The van der Waals surface area contributed by atoms with Crippen molar-refractivity contribution in [2.45, 2.75) is 44.6 Å². The van der Waals surface area contributed by atoms with Crippen LogP contribution in [0.15, 0.2) is 54.7 Å². The average Bonchev–Trinajstić information content (AvgIpc) is 3.63. The Labute approximate surface area is 239 Å². The zero-order chi connectivity index (χ0) is 29.2. The number of amides is 1. The summed E-state index contributed by atoms with van der Waals surface area (Å²) in [5, 5.41) is 19.1. The van der Waals surface area contributed by atoms with Gasteiger partial charge in [-0.3, -0.25) is 4.79 Å². The highest BCUT2D eigenvalue weighted by Crippen LogP contribution is 2.28. The molecule has 0 bridgehead atoms. The maximum Gasteiger partial charge on any atom is 0.414 e. The number of hydrogen-bond donors (Lipinski definition) is 3. The van der Waals surface area contributed by atoms with E-state index in [9.17, 15) is 9.18 Å². The number of halogens is 1. The first kappa shape index (κ1) is 30.2. The van der Waals surface area contributed by atoms with Gasteiger partial charge in [-0.15, -0.1) is 0 Å². The van der Waals surface area contributed by atoms with Gasteiger partial charge in [-0.2, -0.15) is 0 Å². The number of aromatic nitrogens is 1. The molecule has 3 aromatic rings. The maximum atomic E-state index is 13.1. The molecule has 2 saturated heterocycles. The van der Waals surface area contributed by atoms with E-state index in [0.717, 1.165) is 70.6 Å². The highest BCUT2D eigenvalue weighted by atomic mass is 19.1. The molecule has 0 spiro atoms. The van der Waals surface area contributed by atoms with Crippen molar-refractivity contribution in [1.29, 1.82) is 0 Å². The summed E-state index contributed by atoms with van der Waals surface area (Å²) in [7, 11) is 0. The van der Waals surface area contributed by atoms with Crippen LogP contribution in [0.3, 0.4) is 0 Å². The molecule has 2 aliphatic rings. The third kappa shape index (κ3) is 9.12. The summed E-state index contributed by atoms with van der Waals surface area (Å²) in [4.78, 5) is 35.6. The van der Waals surface area contributed by atoms with E-state index in [2.05, 4.69) is 50.1 Å². The summed E-state index contributed by atoms with van der Waals surface area (Å²) in [6.45, 7) is 7.18. The molecule has 10 heteroatoms. The Balaban J connectivity index is 0.000000585. The minimum absolute atomic E-state index is 0.108. The highest BCUT2D eigenvalue weighted by Gasteiger charge is 2.21. The maximum absolute atomic E-state index is 13.1. The number of carboxylic acids is 2. The normalized spacial score (nSPS) is 16.3. The standard InChI is InChI=1S/C29H37FN4O.C2H2O4/c30-26-7-4-23(5-8-26)9-16-33-17-11-27(12-18-33)34-19-10-25-6-3-24(21-28(25)34)22-29(35)31-13-20-32-14-1-2-15-32;3-1(4)2(5)6/h3-8,10,19,21,27H,1-2,9,11-18,20,22H2,(H,31,35);(H,3,4)(H,5,6). The lowest BCUT2D eigenvalue weighted by atomic mass is 10.0. The number of rotatable bonds is 9. The topological polar surface area (TPSA) is 115 Å². The van der Waals surface area contributed by atoms with E-state index in [1.54, 1.807) is 12.1 Å². The number of nitrogens with one attached hydrogen (secondary N) is 1. The molecule has 9 nitrogen and oxygen atoms in total. The van der Waals surface area contributed by atoms with Crippen LogP contribution in [0.4, 0.5) is 4.39 Å². The highest BCUT2D eigenvalue weighted by molar-refractivity contribution is 6.27. The average molecular weight is 567 g/mol. The number of benzene rings is 2. The van der Waals surface area contributed by atoms with Gasteiger partial charge in [0.2, 0.25) is 5.91 Å². The third-order valence-corrected chi connectivity index (χ3v) is 7.86. The number of piperidine rings is 1. The zero-order valence-electron chi connectivity index (χ0n) is 23.3. The Morgan fingerprint density at radius 3 is 2.12 bits per heavy atom. The molecule has 0 radical (unpaired) electrons. The number of carboxylic acid groups (broad SMARTS) is 2. The van der Waals surface area contributed by atoms with Crippen LogP contribution in [0.2, 0.25) is 0 Å². The van der Waals surface area contributed by atoms with Crippen molar-refractivity contribution in [2.24, 2.45) is 0 Å². The van der Waals surface area contributed by atoms with E-state index < -0.39 is 11.9 Å². The molecule has 1 aromatic heterocycles. The molecule has 220 valence electrons. The number of aliphatic carboxylic acids is 2. The predicted molar refractivity (Wildman–Crippen MR) is 154 cm³/mol. The smallest absolute Gasteiger partial charge is 0.414 e. The van der Waals surface area contributed by atoms with E-state index in [1.807, 2.05) is 12.1 Å². The van der Waals surface area contributed by atoms with Gasteiger partial charge in [0.15, 0.2) is 0 Å². The largest absolute Gasteiger partial charge is 0.473 e. The fourth-order valence-corrected chi connectivity index (χ4v) is 5.59. The van der Waals surface area contributed by atoms with Crippen LogP contribution in [0.5, 0.6) is 0 Å². The minimum atomic E-state index is -1.82. The molecule has 3 heterocycles. The van der Waals surface area contributed by atoms with E-state index in [1.165, 1.54) is 29.3 Å². The predicted octanol–water partition coefficient (Wildman–Crippen LogP) is 3.57. The Kier molecular flexibility index (Phi) is 10.9. The summed E-state index contributed by atoms with van der Waals surface area (Å²) in [6.07, 6.45) is 8.40. The van der Waals surface area contributed by atoms with Crippen LogP contribution < -0.4 is 5.32 Å². The molecule has 0 aliphatic carbocycles. The molecule has 3 N–H and O–H groups in total. The lowest BCUT2D eigenvalue weighted by molar-refractivity contribution is -0.159. The number of carbonyl (C=O) groups excluding carboxylic acids is 1. The van der Waals surface area contributed by atoms with Gasteiger partial charge in [-0.05, 0) is 86.0 Å². The summed E-state index contributed by atoms with van der Waals surface area (Å²) in [5.41, 5.74) is 3.50. The fourth-order valence-electron chi connectivity index (χ4n) is 5.59. The lowest BCUT2D eigenvalue weighted by Crippen LogP contribution is -2.35. The number of nitrogens with zero attached hydrogens (tertiary/aromatic N) is 3. The monoisotopic (exact) mass is 566 g/mol. The SMILES string of the molecule is O=C(Cc1ccc2ccn(C3CCN(CCc4ccc(F)cc4)CC3)c2c1)NCCN1CCCC1.O=C(O)C(=O)O. The Morgan fingerprint density at radius 2 is 1.46 bits per heavy atom. The Hall–Kier alpha value is -3.76. The van der Waals surface area contributed by atoms with Crippen molar-refractivity contribution in [3.8, 4) is 0 Å². The van der Waals surface area contributed by atoms with Gasteiger partial charge in [-0.25, -0.2) is 14.0 Å². The molecule has 1 amide bonds. The van der Waals surface area contributed by atoms with Crippen LogP contribution in [0.25, 0.3) is 10.9 Å². The summed E-state index contributed by atoms with van der Waals surface area (Å²) in [5.74, 6) is -3.71. The summed E-state index contributed by atoms with van der Waals surface area (Å²) in [6, 6.07) is 16.0. The molecular weight excluding hydrogens is 527 g/mol. The van der Waals surface area contributed by atoms with Crippen molar-refractivity contribution < 1.29 is 29.0 Å². The molecule has 5 rings (SSSR count). The second kappa shape index (κ2) is 14.7. The van der Waals surface area contributed by atoms with Crippen LogP contribution in [0.1, 0.15) is 42.9 Å². The lowest BCUT2D eigenvalue weighted by Gasteiger charge is -2.33. The first-order chi connectivity index (χ1) is 19.8. The van der Waals surface area contributed by atoms with Crippen molar-refractivity contribution >= 4 is 28.7 Å². The molecule has 0 unspecified atom stereocenters. The van der Waals surface area contributed by atoms with Gasteiger partial charge in [0, 0.05) is 50.5 Å². The molecule has 0 atom stereocenters. The molecular formula is C31H39FN4O5. The quantitative estimate of drug-likeness (QED) is 0.339. The van der Waals surface area contributed by atoms with E-state index in [-0.39, 0.29) is 11.7 Å². The fraction of sp³-hybridized carbons (Fsp3) is 0.452. The van der Waals surface area contributed by atoms with E-state index in [0.29, 0.717) is 12.5 Å². The Morgan fingerprint density at radius 1 is 0.829 bits per heavy atom. The van der Waals surface area contributed by atoms with Crippen LogP contribution >= 0.6 is 0 Å².